The maximum Gasteiger partial charge on any atom is 0.269 e. The Morgan fingerprint density at radius 3 is 2.61 bits per heavy atom. The number of halogens is 2. The van der Waals surface area contributed by atoms with Crippen molar-refractivity contribution in [1.82, 2.24) is 9.88 Å². The van der Waals surface area contributed by atoms with Crippen LogP contribution in [0.3, 0.4) is 0 Å². The minimum atomic E-state index is -0.260. The normalized spacial score (nSPS) is 10.9. The molecule has 23 heavy (non-hydrogen) atoms. The van der Waals surface area contributed by atoms with Crippen LogP contribution in [0.25, 0.3) is 10.9 Å². The molecule has 0 aliphatic rings. The molecular weight excluding hydrogens is 315 g/mol. The van der Waals surface area contributed by atoms with Gasteiger partial charge >= 0.3 is 0 Å². The van der Waals surface area contributed by atoms with Gasteiger partial charge in [0, 0.05) is 24.5 Å². The number of rotatable bonds is 4. The fourth-order valence-corrected chi connectivity index (χ4v) is 3.07. The number of carbonyl (C=O) groups is 1. The van der Waals surface area contributed by atoms with Crippen LogP contribution in [0.5, 0.6) is 0 Å². The van der Waals surface area contributed by atoms with Crippen LogP contribution in [0.15, 0.2) is 48.5 Å². The van der Waals surface area contributed by atoms with Crippen LogP contribution in [-0.2, 0) is 13.5 Å². The first-order valence-corrected chi connectivity index (χ1v) is 7.72. The summed E-state index contributed by atoms with van der Waals surface area (Å²) in [4.78, 5) is 12.4. The number of aromatic nitrogens is 1. The second-order valence-corrected chi connectivity index (χ2v) is 5.71. The molecule has 1 amide bonds. The summed E-state index contributed by atoms with van der Waals surface area (Å²) in [6.45, 7) is 0.345. The van der Waals surface area contributed by atoms with Crippen molar-refractivity contribution >= 4 is 28.4 Å². The lowest BCUT2D eigenvalue weighted by atomic mass is 10.1. The Morgan fingerprint density at radius 1 is 1.17 bits per heavy atom. The van der Waals surface area contributed by atoms with Crippen LogP contribution in [0.4, 0.5) is 4.39 Å². The number of hydrogen-bond acceptors (Lipinski definition) is 1. The van der Waals surface area contributed by atoms with Gasteiger partial charge in [-0.05, 0) is 24.1 Å². The van der Waals surface area contributed by atoms with Crippen molar-refractivity contribution in [2.24, 2.45) is 7.05 Å². The Labute approximate surface area is 138 Å². The molecule has 3 nitrogen and oxygen atoms in total. The molecule has 0 atom stereocenters. The Kier molecular flexibility index (Phi) is 4.35. The average Bonchev–Trinajstić information content (AvgIpc) is 2.81. The maximum atomic E-state index is 13.6. The zero-order valence-electron chi connectivity index (χ0n) is 12.6. The van der Waals surface area contributed by atoms with Gasteiger partial charge in [0.15, 0.2) is 0 Å². The van der Waals surface area contributed by atoms with E-state index in [-0.39, 0.29) is 11.7 Å². The van der Waals surface area contributed by atoms with Gasteiger partial charge in [0.25, 0.3) is 5.91 Å². The number of fused-ring (bicyclic) bond motifs is 1. The third kappa shape index (κ3) is 2.94. The molecule has 1 heterocycles. The Bertz CT molecular complexity index is 834. The molecule has 0 fully saturated rings. The number of nitrogens with one attached hydrogen (secondary N) is 1. The Hall–Kier alpha value is -2.33. The monoisotopic (exact) mass is 330 g/mol. The highest BCUT2D eigenvalue weighted by atomic mass is 35.5. The van der Waals surface area contributed by atoms with Crippen molar-refractivity contribution in [1.29, 1.82) is 0 Å². The number of hydrogen-bond donors (Lipinski definition) is 1. The van der Waals surface area contributed by atoms with Crippen LogP contribution in [0.1, 0.15) is 16.1 Å². The molecule has 118 valence electrons. The molecule has 0 saturated carbocycles. The van der Waals surface area contributed by atoms with Gasteiger partial charge in [0.2, 0.25) is 0 Å². The highest BCUT2D eigenvalue weighted by Crippen LogP contribution is 2.29. The summed E-state index contributed by atoms with van der Waals surface area (Å²) in [5, 5.41) is 4.09. The summed E-state index contributed by atoms with van der Waals surface area (Å²) < 4.78 is 15.3. The SMILES string of the molecule is Cn1c(C(=O)NCCc2ccccc2F)c(Cl)c2ccccc21. The second-order valence-electron chi connectivity index (χ2n) is 5.34. The zero-order valence-corrected chi connectivity index (χ0v) is 13.4. The average molecular weight is 331 g/mol. The summed E-state index contributed by atoms with van der Waals surface area (Å²) in [5.74, 6) is -0.519. The number of para-hydroxylation sites is 1. The lowest BCUT2D eigenvalue weighted by Crippen LogP contribution is -2.27. The van der Waals surface area contributed by atoms with Crippen LogP contribution >= 0.6 is 11.6 Å². The van der Waals surface area contributed by atoms with Gasteiger partial charge in [0.05, 0.1) is 5.02 Å². The minimum Gasteiger partial charge on any atom is -0.350 e. The molecule has 2 aromatic carbocycles. The maximum absolute atomic E-state index is 13.6. The van der Waals surface area contributed by atoms with Gasteiger partial charge in [-0.25, -0.2) is 4.39 Å². The molecule has 0 spiro atoms. The molecule has 0 saturated heterocycles. The number of carbonyl (C=O) groups excluding carboxylic acids is 1. The van der Waals surface area contributed by atoms with Crippen LogP contribution in [-0.4, -0.2) is 17.0 Å². The first-order valence-electron chi connectivity index (χ1n) is 7.34. The van der Waals surface area contributed by atoms with E-state index in [1.807, 2.05) is 24.3 Å². The van der Waals surface area contributed by atoms with Gasteiger partial charge in [-0.2, -0.15) is 0 Å². The molecule has 1 aromatic heterocycles. The van der Waals surface area contributed by atoms with Crippen LogP contribution in [0.2, 0.25) is 5.02 Å². The highest BCUT2D eigenvalue weighted by Gasteiger charge is 2.19. The molecule has 0 bridgehead atoms. The first kappa shape index (κ1) is 15.6. The predicted octanol–water partition coefficient (Wildman–Crippen LogP) is 3.94. The molecule has 0 radical (unpaired) electrons. The van der Waals surface area contributed by atoms with Crippen molar-refractivity contribution in [3.8, 4) is 0 Å². The van der Waals surface area contributed by atoms with E-state index in [1.54, 1.807) is 29.8 Å². The second kappa shape index (κ2) is 6.42. The standard InChI is InChI=1S/C18H16ClFN2O/c1-22-15-9-5-3-7-13(15)16(19)17(22)18(23)21-11-10-12-6-2-4-8-14(12)20/h2-9H,10-11H2,1H3,(H,21,23). The lowest BCUT2D eigenvalue weighted by molar-refractivity contribution is 0.0946. The lowest BCUT2D eigenvalue weighted by Gasteiger charge is -2.08. The first-order chi connectivity index (χ1) is 11.1. The fourth-order valence-electron chi connectivity index (χ4n) is 2.69. The topological polar surface area (TPSA) is 34.0 Å². The summed E-state index contributed by atoms with van der Waals surface area (Å²) in [6, 6.07) is 14.1. The summed E-state index contributed by atoms with van der Waals surface area (Å²) in [5.41, 5.74) is 1.90. The van der Waals surface area contributed by atoms with Crippen molar-refractivity contribution in [3.63, 3.8) is 0 Å². The Balaban J connectivity index is 1.75. The van der Waals surface area contributed by atoms with E-state index in [4.69, 9.17) is 11.6 Å². The molecule has 3 aromatic rings. The number of amides is 1. The van der Waals surface area contributed by atoms with Crippen LogP contribution in [0, 0.1) is 5.82 Å². The van der Waals surface area contributed by atoms with Crippen molar-refractivity contribution in [2.75, 3.05) is 6.54 Å². The molecule has 1 N–H and O–H groups in total. The summed E-state index contributed by atoms with van der Waals surface area (Å²) >= 11 is 6.34. The molecule has 0 aliphatic heterocycles. The smallest absolute Gasteiger partial charge is 0.269 e. The minimum absolute atomic E-state index is 0.259. The molecule has 5 heteroatoms. The quantitative estimate of drug-likeness (QED) is 0.772. The molecule has 0 unspecified atom stereocenters. The third-order valence-corrected chi connectivity index (χ3v) is 4.28. The predicted molar refractivity (Wildman–Crippen MR) is 90.4 cm³/mol. The molecule has 0 aliphatic carbocycles. The van der Waals surface area contributed by atoms with Crippen molar-refractivity contribution in [3.05, 3.63) is 70.6 Å². The van der Waals surface area contributed by atoms with Gasteiger partial charge in [-0.1, -0.05) is 48.0 Å². The number of nitrogens with zero attached hydrogens (tertiary/aromatic N) is 1. The zero-order chi connectivity index (χ0) is 16.4. The van der Waals surface area contributed by atoms with E-state index in [1.165, 1.54) is 6.07 Å². The van der Waals surface area contributed by atoms with E-state index in [2.05, 4.69) is 5.32 Å². The third-order valence-electron chi connectivity index (χ3n) is 3.90. The van der Waals surface area contributed by atoms with Gasteiger partial charge < -0.3 is 9.88 Å². The van der Waals surface area contributed by atoms with Gasteiger partial charge in [0.1, 0.15) is 11.5 Å². The van der Waals surface area contributed by atoms with E-state index in [9.17, 15) is 9.18 Å². The highest BCUT2D eigenvalue weighted by molar-refractivity contribution is 6.38. The summed E-state index contributed by atoms with van der Waals surface area (Å²) in [6.07, 6.45) is 0.431. The van der Waals surface area contributed by atoms with Gasteiger partial charge in [-0.15, -0.1) is 0 Å². The largest absolute Gasteiger partial charge is 0.350 e. The Morgan fingerprint density at radius 2 is 1.87 bits per heavy atom. The molecular formula is C18H16ClFN2O. The van der Waals surface area contributed by atoms with E-state index in [0.717, 1.165) is 10.9 Å². The molecule has 3 rings (SSSR count). The number of aryl methyl sites for hydroxylation is 1. The van der Waals surface area contributed by atoms with Crippen molar-refractivity contribution < 1.29 is 9.18 Å². The van der Waals surface area contributed by atoms with Crippen molar-refractivity contribution in [2.45, 2.75) is 6.42 Å². The fraction of sp³-hybridized carbons (Fsp3) is 0.167. The van der Waals surface area contributed by atoms with E-state index >= 15 is 0 Å². The van der Waals surface area contributed by atoms with E-state index < -0.39 is 0 Å². The van der Waals surface area contributed by atoms with Crippen LogP contribution < -0.4 is 5.32 Å². The van der Waals surface area contributed by atoms with Gasteiger partial charge in [-0.3, -0.25) is 4.79 Å². The number of benzene rings is 2. The van der Waals surface area contributed by atoms with E-state index in [0.29, 0.717) is 29.2 Å². The summed E-state index contributed by atoms with van der Waals surface area (Å²) in [7, 11) is 1.81.